The molecule has 1 amide bonds. The lowest BCUT2D eigenvalue weighted by Gasteiger charge is -2.33. The Morgan fingerprint density at radius 3 is 2.69 bits per heavy atom. The molecule has 1 aromatic carbocycles. The Labute approximate surface area is 151 Å². The minimum absolute atomic E-state index is 0.207. The van der Waals surface area contributed by atoms with Gasteiger partial charge in [-0.25, -0.2) is 9.78 Å². The number of nitrogens with one attached hydrogen (secondary N) is 1. The van der Waals surface area contributed by atoms with Crippen molar-refractivity contribution in [2.75, 3.05) is 20.3 Å². The van der Waals surface area contributed by atoms with Gasteiger partial charge in [-0.05, 0) is 19.1 Å². The number of rotatable bonds is 6. The molecule has 1 N–H and O–H groups in total. The number of nitrogens with zero attached hydrogens (tertiary/aromatic N) is 2. The van der Waals surface area contributed by atoms with E-state index in [0.717, 1.165) is 11.4 Å². The molecule has 26 heavy (non-hydrogen) atoms. The highest BCUT2D eigenvalue weighted by molar-refractivity contribution is 5.86. The van der Waals surface area contributed by atoms with Crippen LogP contribution in [-0.2, 0) is 27.3 Å². The topological polar surface area (TPSA) is 93.8 Å². The van der Waals surface area contributed by atoms with Crippen LogP contribution in [0.1, 0.15) is 18.3 Å². The minimum Gasteiger partial charge on any atom is -0.490 e. The first-order chi connectivity index (χ1) is 12.6. The summed E-state index contributed by atoms with van der Waals surface area (Å²) in [6, 6.07) is 6.43. The SMILES string of the molecule is CCOc1ccccc1OCC(=O)N1Cc2[nH]cnc2CC1C(=O)OC. The summed E-state index contributed by atoms with van der Waals surface area (Å²) < 4.78 is 16.0. The fourth-order valence-electron chi connectivity index (χ4n) is 2.91. The van der Waals surface area contributed by atoms with E-state index in [1.807, 2.05) is 13.0 Å². The van der Waals surface area contributed by atoms with Crippen LogP contribution in [0.3, 0.4) is 0 Å². The van der Waals surface area contributed by atoms with E-state index < -0.39 is 12.0 Å². The van der Waals surface area contributed by atoms with Gasteiger partial charge in [-0.2, -0.15) is 0 Å². The molecule has 8 heteroatoms. The smallest absolute Gasteiger partial charge is 0.329 e. The Kier molecular flexibility index (Phi) is 5.40. The summed E-state index contributed by atoms with van der Waals surface area (Å²) in [6.45, 7) is 2.41. The maximum absolute atomic E-state index is 12.7. The highest BCUT2D eigenvalue weighted by atomic mass is 16.5. The molecule has 138 valence electrons. The minimum atomic E-state index is -0.714. The summed E-state index contributed by atoms with van der Waals surface area (Å²) in [5.41, 5.74) is 1.58. The van der Waals surface area contributed by atoms with Crippen LogP contribution < -0.4 is 9.47 Å². The van der Waals surface area contributed by atoms with Crippen LogP contribution in [0.4, 0.5) is 0 Å². The number of fused-ring (bicyclic) bond motifs is 1. The molecule has 8 nitrogen and oxygen atoms in total. The Morgan fingerprint density at radius 2 is 2.00 bits per heavy atom. The van der Waals surface area contributed by atoms with Crippen molar-refractivity contribution in [2.24, 2.45) is 0 Å². The van der Waals surface area contributed by atoms with Crippen molar-refractivity contribution >= 4 is 11.9 Å². The third-order valence-corrected chi connectivity index (χ3v) is 4.19. The van der Waals surface area contributed by atoms with Crippen molar-refractivity contribution in [1.29, 1.82) is 0 Å². The predicted octanol–water partition coefficient (Wildman–Crippen LogP) is 1.31. The molecular weight excluding hydrogens is 338 g/mol. The highest BCUT2D eigenvalue weighted by Gasteiger charge is 2.36. The molecule has 0 spiro atoms. The highest BCUT2D eigenvalue weighted by Crippen LogP contribution is 2.27. The number of para-hydroxylation sites is 2. The molecule has 1 aliphatic heterocycles. The summed E-state index contributed by atoms with van der Waals surface area (Å²) in [5.74, 6) is 0.270. The number of hydrogen-bond acceptors (Lipinski definition) is 6. The fraction of sp³-hybridized carbons (Fsp3) is 0.389. The third-order valence-electron chi connectivity index (χ3n) is 4.19. The standard InChI is InChI=1S/C18H21N3O5/c1-3-25-15-6-4-5-7-16(15)26-10-17(22)21-9-13-12(19-11-20-13)8-14(21)18(23)24-2/h4-7,11,14H,3,8-10H2,1-2H3,(H,19,20). The number of aromatic nitrogens is 2. The summed E-state index contributed by atoms with van der Waals surface area (Å²) >= 11 is 0. The molecule has 3 rings (SSSR count). The van der Waals surface area contributed by atoms with Crippen LogP contribution in [0.15, 0.2) is 30.6 Å². The van der Waals surface area contributed by atoms with E-state index in [-0.39, 0.29) is 19.1 Å². The number of H-pyrrole nitrogens is 1. The van der Waals surface area contributed by atoms with Gasteiger partial charge in [0.1, 0.15) is 6.04 Å². The van der Waals surface area contributed by atoms with Gasteiger partial charge in [0.25, 0.3) is 5.91 Å². The number of esters is 1. The molecule has 1 unspecified atom stereocenters. The Bertz CT molecular complexity index is 789. The van der Waals surface area contributed by atoms with E-state index in [9.17, 15) is 9.59 Å². The largest absolute Gasteiger partial charge is 0.490 e. The molecule has 2 aromatic rings. The van der Waals surface area contributed by atoms with E-state index in [1.54, 1.807) is 24.5 Å². The number of aromatic amines is 1. The van der Waals surface area contributed by atoms with Gasteiger partial charge in [-0.15, -0.1) is 0 Å². The molecular formula is C18H21N3O5. The van der Waals surface area contributed by atoms with Crippen molar-refractivity contribution in [3.8, 4) is 11.5 Å². The number of carbonyl (C=O) groups is 2. The average molecular weight is 359 g/mol. The Hall–Kier alpha value is -3.03. The van der Waals surface area contributed by atoms with E-state index in [4.69, 9.17) is 14.2 Å². The quantitative estimate of drug-likeness (QED) is 0.782. The first-order valence-corrected chi connectivity index (χ1v) is 8.37. The molecule has 0 bridgehead atoms. The molecule has 1 atom stereocenters. The first kappa shape index (κ1) is 17.8. The maximum atomic E-state index is 12.7. The molecule has 0 aliphatic carbocycles. The van der Waals surface area contributed by atoms with Gasteiger partial charge in [-0.1, -0.05) is 12.1 Å². The monoisotopic (exact) mass is 359 g/mol. The number of amides is 1. The van der Waals surface area contributed by atoms with Crippen LogP contribution in [0, 0.1) is 0 Å². The zero-order valence-electron chi connectivity index (χ0n) is 14.7. The summed E-state index contributed by atoms with van der Waals surface area (Å²) in [5, 5.41) is 0. The number of imidazole rings is 1. The van der Waals surface area contributed by atoms with Crippen molar-refractivity contribution in [3.05, 3.63) is 42.0 Å². The summed E-state index contributed by atoms with van der Waals surface area (Å²) in [6.07, 6.45) is 1.87. The predicted molar refractivity (Wildman–Crippen MR) is 91.8 cm³/mol. The number of carbonyl (C=O) groups excluding carboxylic acids is 2. The maximum Gasteiger partial charge on any atom is 0.329 e. The van der Waals surface area contributed by atoms with Crippen molar-refractivity contribution < 1.29 is 23.8 Å². The van der Waals surface area contributed by atoms with Crippen LogP contribution in [0.25, 0.3) is 0 Å². The second-order valence-electron chi connectivity index (χ2n) is 5.76. The van der Waals surface area contributed by atoms with Crippen LogP contribution in [0.2, 0.25) is 0 Å². The average Bonchev–Trinajstić information content (AvgIpc) is 3.13. The number of benzene rings is 1. The molecule has 1 aromatic heterocycles. The Morgan fingerprint density at radius 1 is 1.27 bits per heavy atom. The molecule has 0 saturated carbocycles. The molecule has 0 radical (unpaired) electrons. The van der Waals surface area contributed by atoms with Crippen molar-refractivity contribution in [3.63, 3.8) is 0 Å². The summed E-state index contributed by atoms with van der Waals surface area (Å²) in [4.78, 5) is 33.5. The molecule has 2 heterocycles. The van der Waals surface area contributed by atoms with Crippen molar-refractivity contribution in [1.82, 2.24) is 14.9 Å². The van der Waals surface area contributed by atoms with Crippen molar-refractivity contribution in [2.45, 2.75) is 25.9 Å². The van der Waals surface area contributed by atoms with Crippen LogP contribution in [0.5, 0.6) is 11.5 Å². The fourth-order valence-corrected chi connectivity index (χ4v) is 2.91. The van der Waals surface area contributed by atoms with Gasteiger partial charge in [0.2, 0.25) is 0 Å². The number of methoxy groups -OCH3 is 1. The van der Waals surface area contributed by atoms with Gasteiger partial charge in [0.05, 0.1) is 38.0 Å². The van der Waals surface area contributed by atoms with E-state index in [0.29, 0.717) is 24.5 Å². The molecule has 1 aliphatic rings. The second-order valence-corrected chi connectivity index (χ2v) is 5.76. The molecule has 0 saturated heterocycles. The van der Waals surface area contributed by atoms with Gasteiger partial charge in [-0.3, -0.25) is 4.79 Å². The number of hydrogen-bond donors (Lipinski definition) is 1. The summed E-state index contributed by atoms with van der Waals surface area (Å²) in [7, 11) is 1.31. The number of ether oxygens (including phenoxy) is 3. The molecule has 0 fully saturated rings. The van der Waals surface area contributed by atoms with Gasteiger partial charge >= 0.3 is 5.97 Å². The second kappa shape index (κ2) is 7.90. The lowest BCUT2D eigenvalue weighted by molar-refractivity contribution is -0.154. The third kappa shape index (κ3) is 3.63. The van der Waals surface area contributed by atoms with Gasteiger partial charge in [0.15, 0.2) is 18.1 Å². The van der Waals surface area contributed by atoms with Crippen LogP contribution in [-0.4, -0.2) is 53.1 Å². The zero-order chi connectivity index (χ0) is 18.5. The van der Waals surface area contributed by atoms with Gasteiger partial charge < -0.3 is 24.1 Å². The van der Waals surface area contributed by atoms with Crippen LogP contribution >= 0.6 is 0 Å². The lowest BCUT2D eigenvalue weighted by Crippen LogP contribution is -2.50. The normalized spacial score (nSPS) is 15.9. The Balaban J connectivity index is 1.72. The zero-order valence-corrected chi connectivity index (χ0v) is 14.7. The lowest BCUT2D eigenvalue weighted by atomic mass is 10.0. The first-order valence-electron chi connectivity index (χ1n) is 8.37. The van der Waals surface area contributed by atoms with E-state index in [2.05, 4.69) is 9.97 Å². The van der Waals surface area contributed by atoms with E-state index in [1.165, 1.54) is 12.0 Å². The van der Waals surface area contributed by atoms with Gasteiger partial charge in [0, 0.05) is 6.42 Å². The van der Waals surface area contributed by atoms with E-state index >= 15 is 0 Å².